The molecule has 2 aliphatic rings. The van der Waals surface area contributed by atoms with Gasteiger partial charge < -0.3 is 0 Å². The lowest BCUT2D eigenvalue weighted by atomic mass is 9.83. The zero-order chi connectivity index (χ0) is 21.5. The minimum absolute atomic E-state index is 0.202. The van der Waals surface area contributed by atoms with Crippen LogP contribution in [0.5, 0.6) is 0 Å². The van der Waals surface area contributed by atoms with Crippen LogP contribution in [0.25, 0.3) is 0 Å². The maximum atomic E-state index is 13.9. The van der Waals surface area contributed by atoms with Crippen LogP contribution in [0.3, 0.4) is 0 Å². The fourth-order valence-corrected chi connectivity index (χ4v) is 7.53. The van der Waals surface area contributed by atoms with Gasteiger partial charge in [0.05, 0.1) is 22.4 Å². The van der Waals surface area contributed by atoms with Crippen LogP contribution < -0.4 is 4.31 Å². The number of hydrogen-bond acceptors (Lipinski definition) is 5. The van der Waals surface area contributed by atoms with Crippen LogP contribution in [0.1, 0.15) is 43.7 Å². The van der Waals surface area contributed by atoms with Gasteiger partial charge in [0.1, 0.15) is 5.82 Å². The molecule has 0 N–H and O–H groups in total. The Labute approximate surface area is 182 Å². The van der Waals surface area contributed by atoms with Gasteiger partial charge in [0.2, 0.25) is 0 Å². The first kappa shape index (κ1) is 21.7. The Kier molecular flexibility index (Phi) is 5.91. The van der Waals surface area contributed by atoms with E-state index in [2.05, 4.69) is 23.7 Å². The molecule has 0 saturated carbocycles. The van der Waals surface area contributed by atoms with E-state index in [0.717, 1.165) is 25.9 Å². The monoisotopic (exact) mass is 452 g/mol. The van der Waals surface area contributed by atoms with Gasteiger partial charge >= 0.3 is 10.2 Å². The number of aromatic nitrogens is 1. The van der Waals surface area contributed by atoms with Crippen molar-refractivity contribution in [3.05, 3.63) is 46.2 Å². The van der Waals surface area contributed by atoms with Gasteiger partial charge in [0.15, 0.2) is 0 Å². The number of aryl methyl sites for hydroxylation is 1. The van der Waals surface area contributed by atoms with Gasteiger partial charge in [-0.05, 0) is 44.4 Å². The van der Waals surface area contributed by atoms with Crippen LogP contribution >= 0.6 is 11.3 Å². The van der Waals surface area contributed by atoms with Crippen LogP contribution in [0, 0.1) is 5.82 Å². The molecule has 4 rings (SSSR count). The Morgan fingerprint density at radius 3 is 2.87 bits per heavy atom. The SMILES string of the molecule is CCCc1ncsc1CN1CC[C@@]2(C[C@@H]1C)CN(C)S(=O)(=O)N2c1cccc(F)c1. The molecule has 0 radical (unpaired) electrons. The Morgan fingerprint density at radius 2 is 2.17 bits per heavy atom. The highest BCUT2D eigenvalue weighted by Gasteiger charge is 2.55. The molecule has 2 fully saturated rings. The summed E-state index contributed by atoms with van der Waals surface area (Å²) in [6.07, 6.45) is 3.47. The summed E-state index contributed by atoms with van der Waals surface area (Å²) in [4.78, 5) is 8.25. The topological polar surface area (TPSA) is 56.8 Å². The van der Waals surface area contributed by atoms with Crippen LogP contribution in [-0.4, -0.2) is 54.3 Å². The third-order valence-corrected chi connectivity index (χ3v) is 9.17. The molecule has 0 unspecified atom stereocenters. The van der Waals surface area contributed by atoms with Gasteiger partial charge in [-0.3, -0.25) is 9.21 Å². The highest BCUT2D eigenvalue weighted by molar-refractivity contribution is 7.90. The molecule has 2 aliphatic heterocycles. The van der Waals surface area contributed by atoms with Gasteiger partial charge in [-0.15, -0.1) is 11.3 Å². The third kappa shape index (κ3) is 3.77. The van der Waals surface area contributed by atoms with Crippen molar-refractivity contribution in [1.29, 1.82) is 0 Å². The van der Waals surface area contributed by atoms with Crippen molar-refractivity contribution in [2.75, 3.05) is 24.4 Å². The average Bonchev–Trinajstić information content (AvgIpc) is 3.18. The number of piperidine rings is 1. The second-order valence-corrected chi connectivity index (χ2v) is 11.3. The standard InChI is InChI=1S/C21H29FN4O2S2/c1-4-6-19-20(29-15-23-19)13-25-10-9-21(12-16(25)2)14-24(3)30(27,28)26(21)18-8-5-7-17(22)11-18/h5,7-8,11,15-16H,4,6,9-10,12-14H2,1-3H3/t16-,21+/m0/s1. The van der Waals surface area contributed by atoms with Crippen molar-refractivity contribution < 1.29 is 12.8 Å². The molecule has 1 spiro atoms. The highest BCUT2D eigenvalue weighted by Crippen LogP contribution is 2.44. The highest BCUT2D eigenvalue weighted by atomic mass is 32.2. The molecule has 2 aromatic rings. The summed E-state index contributed by atoms with van der Waals surface area (Å²) in [5, 5.41) is 0. The molecule has 3 heterocycles. The van der Waals surface area contributed by atoms with Gasteiger partial charge in [0.25, 0.3) is 0 Å². The Morgan fingerprint density at radius 1 is 1.37 bits per heavy atom. The van der Waals surface area contributed by atoms with Gasteiger partial charge in [0, 0.05) is 37.6 Å². The fraction of sp³-hybridized carbons (Fsp3) is 0.571. The van der Waals surface area contributed by atoms with E-state index in [-0.39, 0.29) is 6.04 Å². The van der Waals surface area contributed by atoms with E-state index in [1.807, 2.05) is 5.51 Å². The maximum absolute atomic E-state index is 13.9. The molecular formula is C21H29FN4O2S2. The average molecular weight is 453 g/mol. The van der Waals surface area contributed by atoms with Crippen molar-refractivity contribution in [1.82, 2.24) is 14.2 Å². The Hall–Kier alpha value is -1.55. The summed E-state index contributed by atoms with van der Waals surface area (Å²) in [7, 11) is -2.06. The van der Waals surface area contributed by atoms with E-state index in [4.69, 9.17) is 0 Å². The molecule has 2 saturated heterocycles. The van der Waals surface area contributed by atoms with Crippen molar-refractivity contribution >= 4 is 27.2 Å². The predicted molar refractivity (Wildman–Crippen MR) is 118 cm³/mol. The van der Waals surface area contributed by atoms with E-state index < -0.39 is 21.6 Å². The summed E-state index contributed by atoms with van der Waals surface area (Å²) in [5.74, 6) is -0.425. The lowest BCUT2D eigenvalue weighted by Gasteiger charge is -2.47. The normalized spacial score (nSPS) is 27.2. The van der Waals surface area contributed by atoms with Crippen molar-refractivity contribution in [3.63, 3.8) is 0 Å². The lowest BCUT2D eigenvalue weighted by molar-refractivity contribution is 0.101. The number of anilines is 1. The van der Waals surface area contributed by atoms with E-state index in [0.29, 0.717) is 25.1 Å². The minimum atomic E-state index is -3.67. The van der Waals surface area contributed by atoms with Crippen LogP contribution in [0.4, 0.5) is 10.1 Å². The number of hydrogen-bond donors (Lipinski definition) is 0. The lowest BCUT2D eigenvalue weighted by Crippen LogP contribution is -2.57. The smallest absolute Gasteiger partial charge is 0.295 e. The molecule has 0 amide bonds. The van der Waals surface area contributed by atoms with Crippen LogP contribution in [0.2, 0.25) is 0 Å². The molecule has 9 heteroatoms. The molecule has 1 aromatic heterocycles. The quantitative estimate of drug-likeness (QED) is 0.695. The largest absolute Gasteiger partial charge is 0.304 e. The Bertz CT molecular complexity index is 1010. The van der Waals surface area contributed by atoms with Gasteiger partial charge in [-0.2, -0.15) is 12.7 Å². The van der Waals surface area contributed by atoms with E-state index >= 15 is 0 Å². The first-order valence-corrected chi connectivity index (χ1v) is 12.7. The molecule has 1 aromatic carbocycles. The number of nitrogens with zero attached hydrogens (tertiary/aromatic N) is 4. The van der Waals surface area contributed by atoms with E-state index in [1.165, 1.54) is 31.3 Å². The summed E-state index contributed by atoms with van der Waals surface area (Å²) < 4.78 is 43.1. The van der Waals surface area contributed by atoms with Crippen LogP contribution in [0.15, 0.2) is 29.8 Å². The molecule has 30 heavy (non-hydrogen) atoms. The second kappa shape index (κ2) is 8.18. The summed E-state index contributed by atoms with van der Waals surface area (Å²) in [6.45, 7) is 6.38. The molecule has 0 aliphatic carbocycles. The molecule has 6 nitrogen and oxygen atoms in total. The number of rotatable bonds is 5. The third-order valence-electron chi connectivity index (χ3n) is 6.34. The van der Waals surface area contributed by atoms with Crippen LogP contribution in [-0.2, 0) is 23.2 Å². The van der Waals surface area contributed by atoms with Gasteiger partial charge in [-0.1, -0.05) is 19.4 Å². The minimum Gasteiger partial charge on any atom is -0.295 e. The zero-order valence-corrected chi connectivity index (χ0v) is 19.3. The molecule has 2 atom stereocenters. The second-order valence-electron chi connectivity index (χ2n) is 8.48. The number of halogens is 1. The zero-order valence-electron chi connectivity index (χ0n) is 17.7. The van der Waals surface area contributed by atoms with Gasteiger partial charge in [-0.25, -0.2) is 9.37 Å². The van der Waals surface area contributed by atoms with Crippen molar-refractivity contribution in [2.24, 2.45) is 0 Å². The first-order chi connectivity index (χ1) is 14.3. The summed E-state index contributed by atoms with van der Waals surface area (Å²) in [5.41, 5.74) is 2.95. The molecular weight excluding hydrogens is 423 g/mol. The number of likely N-dealkylation sites (N-methyl/N-ethyl adjacent to an activating group) is 1. The molecule has 164 valence electrons. The first-order valence-electron chi connectivity index (χ1n) is 10.4. The summed E-state index contributed by atoms with van der Waals surface area (Å²) >= 11 is 1.70. The number of thiazole rings is 1. The van der Waals surface area contributed by atoms with Crippen molar-refractivity contribution in [3.8, 4) is 0 Å². The van der Waals surface area contributed by atoms with E-state index in [9.17, 15) is 12.8 Å². The number of likely N-dealkylation sites (tertiary alicyclic amines) is 1. The molecule has 0 bridgehead atoms. The Balaban J connectivity index is 1.60. The fourth-order valence-electron chi connectivity index (χ4n) is 4.92. The van der Waals surface area contributed by atoms with Crippen molar-refractivity contribution in [2.45, 2.75) is 57.7 Å². The van der Waals surface area contributed by atoms with E-state index in [1.54, 1.807) is 30.5 Å². The maximum Gasteiger partial charge on any atom is 0.304 e. The number of benzene rings is 1. The predicted octanol–water partition coefficient (Wildman–Crippen LogP) is 3.65. The summed E-state index contributed by atoms with van der Waals surface area (Å²) in [6, 6.07) is 6.13.